The Morgan fingerprint density at radius 1 is 1.21 bits per heavy atom. The van der Waals surface area contributed by atoms with Crippen LogP contribution in [-0.4, -0.2) is 82.4 Å². The van der Waals surface area contributed by atoms with E-state index >= 15 is 0 Å². The molecule has 1 amide bonds. The summed E-state index contributed by atoms with van der Waals surface area (Å²) < 4.78 is 44.7. The van der Waals surface area contributed by atoms with Gasteiger partial charge in [-0.15, -0.1) is 4.80 Å². The predicted molar refractivity (Wildman–Crippen MR) is 125 cm³/mol. The van der Waals surface area contributed by atoms with Crippen LogP contribution in [0.3, 0.4) is 0 Å². The minimum Gasteiger partial charge on any atom is -0.372 e. The summed E-state index contributed by atoms with van der Waals surface area (Å²) in [6.07, 6.45) is -2.20. The SMILES string of the molecule is CC1CN(C(=O)c2nc(C(O)(O)O)ccc2-n2nccn2)C(CNc2ncc(C(F)(F)F)cc2Cl)C(C)O1. The molecule has 3 aromatic rings. The topological polar surface area (TPSA) is 159 Å². The monoisotopic (exact) mass is 557 g/mol. The number of carbonyl (C=O) groups is 1. The quantitative estimate of drug-likeness (QED) is 0.328. The fourth-order valence-electron chi connectivity index (χ4n) is 4.03. The van der Waals surface area contributed by atoms with E-state index in [-0.39, 0.29) is 35.3 Å². The lowest BCUT2D eigenvalue weighted by atomic mass is 10.0. The summed E-state index contributed by atoms with van der Waals surface area (Å²) >= 11 is 6.01. The van der Waals surface area contributed by atoms with Crippen LogP contribution in [0.2, 0.25) is 5.02 Å². The average molecular weight is 558 g/mol. The first kappa shape index (κ1) is 27.7. The number of hydrogen-bond donors (Lipinski definition) is 4. The summed E-state index contributed by atoms with van der Waals surface area (Å²) in [5.41, 5.74) is -1.82. The van der Waals surface area contributed by atoms with Crippen molar-refractivity contribution in [2.75, 3.05) is 18.4 Å². The number of anilines is 1. The maximum atomic E-state index is 13.8. The van der Waals surface area contributed by atoms with Crippen molar-refractivity contribution in [3.63, 3.8) is 0 Å². The second-order valence-corrected chi connectivity index (χ2v) is 9.04. The molecule has 1 aliphatic heterocycles. The number of nitrogens with zero attached hydrogens (tertiary/aromatic N) is 6. The third kappa shape index (κ3) is 5.86. The third-order valence-electron chi connectivity index (χ3n) is 5.81. The molecular formula is C22H23ClF3N7O5. The number of aliphatic hydroxyl groups is 3. The number of carbonyl (C=O) groups excluding carboxylic acids is 1. The molecule has 3 aromatic heterocycles. The number of morpholine rings is 1. The molecular weight excluding hydrogens is 535 g/mol. The Labute approximate surface area is 218 Å². The van der Waals surface area contributed by atoms with E-state index in [0.717, 1.165) is 16.9 Å². The number of rotatable bonds is 6. The van der Waals surface area contributed by atoms with Gasteiger partial charge in [-0.05, 0) is 32.0 Å². The van der Waals surface area contributed by atoms with Crippen molar-refractivity contribution in [1.82, 2.24) is 29.9 Å². The molecule has 1 aliphatic rings. The van der Waals surface area contributed by atoms with Crippen LogP contribution in [0.4, 0.5) is 19.0 Å². The van der Waals surface area contributed by atoms with E-state index in [0.29, 0.717) is 6.20 Å². The van der Waals surface area contributed by atoms with Gasteiger partial charge < -0.3 is 30.3 Å². The molecule has 0 bridgehead atoms. The minimum absolute atomic E-state index is 0.0172. The Bertz CT molecular complexity index is 1300. The zero-order valence-electron chi connectivity index (χ0n) is 20.0. The molecule has 3 atom stereocenters. The van der Waals surface area contributed by atoms with Crippen LogP contribution >= 0.6 is 11.6 Å². The molecule has 3 unspecified atom stereocenters. The van der Waals surface area contributed by atoms with E-state index in [2.05, 4.69) is 25.5 Å². The van der Waals surface area contributed by atoms with E-state index < -0.39 is 47.6 Å². The molecule has 204 valence electrons. The zero-order chi connectivity index (χ0) is 27.8. The molecule has 0 spiro atoms. The van der Waals surface area contributed by atoms with Crippen LogP contribution in [0.15, 0.2) is 36.8 Å². The number of nitrogens with one attached hydrogen (secondary N) is 1. The Balaban J connectivity index is 1.66. The zero-order valence-corrected chi connectivity index (χ0v) is 20.7. The summed E-state index contributed by atoms with van der Waals surface area (Å²) in [4.78, 5) is 24.1. The number of halogens is 4. The Hall–Kier alpha value is -3.37. The van der Waals surface area contributed by atoms with Crippen molar-refractivity contribution in [3.8, 4) is 5.69 Å². The van der Waals surface area contributed by atoms with Gasteiger partial charge in [0.1, 0.15) is 17.2 Å². The lowest BCUT2D eigenvalue weighted by molar-refractivity contribution is -0.326. The summed E-state index contributed by atoms with van der Waals surface area (Å²) in [6.45, 7) is 3.53. The number of alkyl halides is 3. The Morgan fingerprint density at radius 2 is 1.89 bits per heavy atom. The summed E-state index contributed by atoms with van der Waals surface area (Å²) in [7, 11) is 0. The van der Waals surface area contributed by atoms with Crippen molar-refractivity contribution in [1.29, 1.82) is 0 Å². The molecule has 0 saturated carbocycles. The lowest BCUT2D eigenvalue weighted by Crippen LogP contribution is -2.58. The fourth-order valence-corrected chi connectivity index (χ4v) is 4.27. The average Bonchev–Trinajstić information content (AvgIpc) is 3.36. The predicted octanol–water partition coefficient (Wildman–Crippen LogP) is 1.55. The maximum absolute atomic E-state index is 13.8. The first-order valence-corrected chi connectivity index (χ1v) is 11.6. The van der Waals surface area contributed by atoms with Crippen LogP contribution in [0.5, 0.6) is 0 Å². The second kappa shape index (κ2) is 10.4. The normalized spacial score (nSPS) is 20.4. The molecule has 4 rings (SSSR count). The summed E-state index contributed by atoms with van der Waals surface area (Å²) in [5.74, 6) is -4.02. The Kier molecular flexibility index (Phi) is 7.58. The van der Waals surface area contributed by atoms with Gasteiger partial charge in [0.05, 0.1) is 41.2 Å². The van der Waals surface area contributed by atoms with Crippen molar-refractivity contribution >= 4 is 23.3 Å². The summed E-state index contributed by atoms with van der Waals surface area (Å²) in [6, 6.07) is 2.44. The van der Waals surface area contributed by atoms with E-state index in [4.69, 9.17) is 16.3 Å². The fraction of sp³-hybridized carbons (Fsp3) is 0.409. The maximum Gasteiger partial charge on any atom is 0.417 e. The first-order chi connectivity index (χ1) is 17.8. The highest BCUT2D eigenvalue weighted by molar-refractivity contribution is 6.33. The van der Waals surface area contributed by atoms with E-state index in [1.807, 2.05) is 0 Å². The number of aromatic nitrogens is 5. The molecule has 0 aliphatic carbocycles. The molecule has 4 N–H and O–H groups in total. The van der Waals surface area contributed by atoms with E-state index in [1.54, 1.807) is 13.8 Å². The number of hydrogen-bond acceptors (Lipinski definition) is 10. The van der Waals surface area contributed by atoms with Crippen LogP contribution in [-0.2, 0) is 16.9 Å². The minimum atomic E-state index is -4.61. The molecule has 0 aromatic carbocycles. The van der Waals surface area contributed by atoms with Gasteiger partial charge >= 0.3 is 12.1 Å². The smallest absolute Gasteiger partial charge is 0.372 e. The van der Waals surface area contributed by atoms with Gasteiger partial charge in [0.25, 0.3) is 5.91 Å². The summed E-state index contributed by atoms with van der Waals surface area (Å²) in [5, 5.41) is 39.5. The first-order valence-electron chi connectivity index (χ1n) is 11.2. The van der Waals surface area contributed by atoms with Crippen molar-refractivity contribution in [2.45, 2.75) is 44.2 Å². The standard InChI is InChI=1S/C22H23ClF3N7O5/c1-11-10-32(16(12(2)38-11)9-28-19-14(23)7-13(8-27-19)21(24,25)26)20(34)18-15(33-29-5-6-30-33)3-4-17(31-18)22(35,36)37/h3-8,11-12,16,35-37H,9-10H2,1-2H3,(H,27,28). The Morgan fingerprint density at radius 3 is 2.50 bits per heavy atom. The molecule has 16 heteroatoms. The van der Waals surface area contributed by atoms with Gasteiger partial charge in [0.2, 0.25) is 0 Å². The van der Waals surface area contributed by atoms with Gasteiger partial charge in [-0.3, -0.25) is 4.79 Å². The van der Waals surface area contributed by atoms with Crippen molar-refractivity contribution in [3.05, 3.63) is 58.8 Å². The third-order valence-corrected chi connectivity index (χ3v) is 6.09. The second-order valence-electron chi connectivity index (χ2n) is 8.63. The van der Waals surface area contributed by atoms with E-state index in [9.17, 15) is 33.3 Å². The molecule has 38 heavy (non-hydrogen) atoms. The van der Waals surface area contributed by atoms with E-state index in [1.165, 1.54) is 23.4 Å². The van der Waals surface area contributed by atoms with Gasteiger partial charge in [0, 0.05) is 19.3 Å². The highest BCUT2D eigenvalue weighted by Gasteiger charge is 2.39. The lowest BCUT2D eigenvalue weighted by Gasteiger charge is -2.43. The number of ether oxygens (including phenoxy) is 1. The molecule has 1 saturated heterocycles. The van der Waals surface area contributed by atoms with Crippen LogP contribution in [0, 0.1) is 0 Å². The van der Waals surface area contributed by atoms with Crippen LogP contribution < -0.4 is 5.32 Å². The van der Waals surface area contributed by atoms with Crippen molar-refractivity contribution in [2.24, 2.45) is 0 Å². The number of pyridine rings is 2. The molecule has 12 nitrogen and oxygen atoms in total. The van der Waals surface area contributed by atoms with Gasteiger partial charge in [-0.25, -0.2) is 9.97 Å². The highest BCUT2D eigenvalue weighted by Crippen LogP contribution is 2.33. The largest absolute Gasteiger partial charge is 0.417 e. The van der Waals surface area contributed by atoms with Crippen LogP contribution in [0.25, 0.3) is 5.69 Å². The molecule has 4 heterocycles. The van der Waals surface area contributed by atoms with Gasteiger partial charge in [-0.1, -0.05) is 11.6 Å². The van der Waals surface area contributed by atoms with Crippen molar-refractivity contribution < 1.29 is 38.0 Å². The van der Waals surface area contributed by atoms with Crippen LogP contribution in [0.1, 0.15) is 35.6 Å². The van der Waals surface area contributed by atoms with Gasteiger partial charge in [-0.2, -0.15) is 23.4 Å². The van der Waals surface area contributed by atoms with Gasteiger partial charge in [0.15, 0.2) is 5.69 Å². The highest BCUT2D eigenvalue weighted by atomic mass is 35.5. The number of amides is 1. The molecule has 1 fully saturated rings. The molecule has 0 radical (unpaired) electrons.